The average molecular weight is 411 g/mol. The molecule has 2 aromatic rings. The molecular formula is C18H16Cl2N2O5. The molecule has 0 radical (unpaired) electrons. The number of carboxylic acid groups (broad SMARTS) is 1. The van der Waals surface area contributed by atoms with Gasteiger partial charge >= 0.3 is 5.97 Å². The number of amides is 2. The molecule has 0 saturated carbocycles. The van der Waals surface area contributed by atoms with E-state index in [1.54, 1.807) is 36.4 Å². The highest BCUT2D eigenvalue weighted by molar-refractivity contribution is 6.39. The third-order valence-electron chi connectivity index (χ3n) is 3.61. The molecule has 3 rings (SSSR count). The summed E-state index contributed by atoms with van der Waals surface area (Å²) in [5, 5.41) is 21.5. The van der Waals surface area contributed by atoms with E-state index in [-0.39, 0.29) is 24.3 Å². The highest BCUT2D eigenvalue weighted by Gasteiger charge is 2.26. The first-order valence-corrected chi connectivity index (χ1v) is 8.60. The molecule has 27 heavy (non-hydrogen) atoms. The lowest BCUT2D eigenvalue weighted by atomic mass is 10.1. The summed E-state index contributed by atoms with van der Waals surface area (Å²) in [6, 6.07) is 12.3. The molecule has 0 aliphatic carbocycles. The molecule has 3 N–H and O–H groups in total. The molecule has 0 unspecified atom stereocenters. The maximum Gasteiger partial charge on any atom is 0.307 e. The quantitative estimate of drug-likeness (QED) is 0.521. The van der Waals surface area contributed by atoms with Crippen LogP contribution in [0, 0.1) is 0 Å². The summed E-state index contributed by atoms with van der Waals surface area (Å²) >= 11 is 12.1. The fraction of sp³-hybridized carbons (Fsp3) is 0.167. The number of halogens is 2. The third-order valence-corrected chi connectivity index (χ3v) is 4.24. The van der Waals surface area contributed by atoms with Gasteiger partial charge in [0.15, 0.2) is 0 Å². The molecule has 0 atom stereocenters. The minimum atomic E-state index is -0.889. The summed E-state index contributed by atoms with van der Waals surface area (Å²) in [4.78, 5) is 31.3. The number of carbonyl (C=O) groups excluding carboxylic acids is 2. The third kappa shape index (κ3) is 5.68. The molecule has 1 fully saturated rings. The second-order valence-corrected chi connectivity index (χ2v) is 6.36. The van der Waals surface area contributed by atoms with E-state index in [0.717, 1.165) is 0 Å². The summed E-state index contributed by atoms with van der Waals surface area (Å²) < 4.78 is 0. The number of aliphatic carboxylic acids is 1. The summed E-state index contributed by atoms with van der Waals surface area (Å²) in [7, 11) is 0. The van der Waals surface area contributed by atoms with Crippen molar-refractivity contribution in [3.8, 4) is 0 Å². The van der Waals surface area contributed by atoms with Gasteiger partial charge in [-0.2, -0.15) is 5.06 Å². The SMILES string of the molecule is O=C(O)Cc1ccccc1Nc1c(Cl)cccc1Cl.O=C1CCC(=O)N1O. The molecule has 1 aliphatic rings. The van der Waals surface area contributed by atoms with Gasteiger partial charge in [-0.15, -0.1) is 0 Å². The summed E-state index contributed by atoms with van der Waals surface area (Å²) in [5.74, 6) is -1.90. The number of para-hydroxylation sites is 2. The van der Waals surface area contributed by atoms with Crippen molar-refractivity contribution in [3.05, 3.63) is 58.1 Å². The van der Waals surface area contributed by atoms with Crippen LogP contribution in [-0.4, -0.2) is 33.2 Å². The van der Waals surface area contributed by atoms with Crippen LogP contribution < -0.4 is 5.32 Å². The van der Waals surface area contributed by atoms with Crippen molar-refractivity contribution >= 4 is 52.4 Å². The molecule has 2 amide bonds. The first-order chi connectivity index (χ1) is 12.8. The Balaban J connectivity index is 0.000000273. The number of hydrogen-bond acceptors (Lipinski definition) is 5. The van der Waals surface area contributed by atoms with Gasteiger partial charge < -0.3 is 10.4 Å². The lowest BCUT2D eigenvalue weighted by Crippen LogP contribution is -2.24. The number of hydrogen-bond donors (Lipinski definition) is 3. The van der Waals surface area contributed by atoms with E-state index in [4.69, 9.17) is 33.5 Å². The van der Waals surface area contributed by atoms with Crippen LogP contribution in [0.25, 0.3) is 0 Å². The second kappa shape index (κ2) is 9.36. The predicted molar refractivity (Wildman–Crippen MR) is 100 cm³/mol. The van der Waals surface area contributed by atoms with Crippen LogP contribution in [0.5, 0.6) is 0 Å². The second-order valence-electron chi connectivity index (χ2n) is 5.55. The van der Waals surface area contributed by atoms with Crippen LogP contribution in [0.15, 0.2) is 42.5 Å². The Morgan fingerprint density at radius 2 is 1.56 bits per heavy atom. The molecule has 1 aliphatic heterocycles. The zero-order valence-electron chi connectivity index (χ0n) is 14.0. The minimum absolute atomic E-state index is 0.0642. The molecule has 2 aromatic carbocycles. The fourth-order valence-corrected chi connectivity index (χ4v) is 2.77. The molecule has 0 spiro atoms. The lowest BCUT2D eigenvalue weighted by molar-refractivity contribution is -0.171. The lowest BCUT2D eigenvalue weighted by Gasteiger charge is -2.13. The molecule has 142 valence electrons. The Kier molecular flexibility index (Phi) is 7.18. The molecular weight excluding hydrogens is 395 g/mol. The summed E-state index contributed by atoms with van der Waals surface area (Å²) in [5.41, 5.74) is 1.93. The number of anilines is 2. The zero-order valence-corrected chi connectivity index (χ0v) is 15.5. The number of benzene rings is 2. The predicted octanol–water partition coefficient (Wildman–Crippen LogP) is 3.89. The van der Waals surface area contributed by atoms with Gasteiger partial charge in [0, 0.05) is 18.5 Å². The van der Waals surface area contributed by atoms with Gasteiger partial charge in [0.25, 0.3) is 11.8 Å². The maximum atomic E-state index is 10.8. The maximum absolute atomic E-state index is 10.8. The molecule has 9 heteroatoms. The smallest absolute Gasteiger partial charge is 0.307 e. The number of imide groups is 1. The first kappa shape index (κ1) is 20.7. The van der Waals surface area contributed by atoms with Crippen molar-refractivity contribution in [3.63, 3.8) is 0 Å². The molecule has 1 heterocycles. The average Bonchev–Trinajstić information content (AvgIpc) is 2.91. The van der Waals surface area contributed by atoms with E-state index >= 15 is 0 Å². The van der Waals surface area contributed by atoms with Crippen molar-refractivity contribution in [1.82, 2.24) is 5.06 Å². The fourth-order valence-electron chi connectivity index (χ4n) is 2.28. The van der Waals surface area contributed by atoms with E-state index < -0.39 is 17.8 Å². The van der Waals surface area contributed by atoms with Crippen molar-refractivity contribution in [2.24, 2.45) is 0 Å². The Hall–Kier alpha value is -2.61. The van der Waals surface area contributed by atoms with E-state index in [1.807, 2.05) is 6.07 Å². The Morgan fingerprint density at radius 1 is 1.00 bits per heavy atom. The molecule has 0 bridgehead atoms. The van der Waals surface area contributed by atoms with Crippen LogP contribution in [-0.2, 0) is 20.8 Å². The standard InChI is InChI=1S/C14H11Cl2NO2.C4H5NO3/c15-10-5-3-6-11(16)14(10)17-12-7-2-1-4-9(12)8-13(18)19;6-3-1-2-4(7)5(3)8/h1-7,17H,8H2,(H,18,19);8H,1-2H2. The Morgan fingerprint density at radius 3 is 2.04 bits per heavy atom. The first-order valence-electron chi connectivity index (χ1n) is 7.85. The number of nitrogens with one attached hydrogen (secondary N) is 1. The molecule has 0 aromatic heterocycles. The van der Waals surface area contributed by atoms with Gasteiger partial charge in [-0.05, 0) is 23.8 Å². The highest BCUT2D eigenvalue weighted by Crippen LogP contribution is 2.33. The van der Waals surface area contributed by atoms with Crippen LogP contribution in [0.4, 0.5) is 11.4 Å². The largest absolute Gasteiger partial charge is 0.481 e. The minimum Gasteiger partial charge on any atom is -0.481 e. The van der Waals surface area contributed by atoms with Crippen molar-refractivity contribution in [2.75, 3.05) is 5.32 Å². The summed E-state index contributed by atoms with van der Waals surface area (Å²) in [6.45, 7) is 0. The Bertz CT molecular complexity index is 836. The van der Waals surface area contributed by atoms with Gasteiger partial charge in [-0.1, -0.05) is 47.5 Å². The van der Waals surface area contributed by atoms with E-state index in [0.29, 0.717) is 27.0 Å². The van der Waals surface area contributed by atoms with Crippen LogP contribution >= 0.6 is 23.2 Å². The summed E-state index contributed by atoms with van der Waals surface area (Å²) in [6.07, 6.45) is 0.232. The van der Waals surface area contributed by atoms with E-state index in [2.05, 4.69) is 5.32 Å². The molecule has 1 saturated heterocycles. The monoisotopic (exact) mass is 410 g/mol. The number of nitrogens with zero attached hydrogens (tertiary/aromatic N) is 1. The van der Waals surface area contributed by atoms with Gasteiger partial charge in [0.1, 0.15) is 0 Å². The van der Waals surface area contributed by atoms with Gasteiger partial charge in [0.2, 0.25) is 0 Å². The molecule has 7 nitrogen and oxygen atoms in total. The van der Waals surface area contributed by atoms with Crippen molar-refractivity contribution < 1.29 is 24.7 Å². The van der Waals surface area contributed by atoms with Gasteiger partial charge in [-0.25, -0.2) is 0 Å². The number of hydroxylamine groups is 2. The van der Waals surface area contributed by atoms with Crippen molar-refractivity contribution in [1.29, 1.82) is 0 Å². The van der Waals surface area contributed by atoms with Gasteiger partial charge in [-0.3, -0.25) is 19.6 Å². The Labute approximate surface area is 165 Å². The van der Waals surface area contributed by atoms with Gasteiger partial charge in [0.05, 0.1) is 22.2 Å². The van der Waals surface area contributed by atoms with Crippen molar-refractivity contribution in [2.45, 2.75) is 19.3 Å². The van der Waals surface area contributed by atoms with E-state index in [1.165, 1.54) is 0 Å². The number of carbonyl (C=O) groups is 3. The highest BCUT2D eigenvalue weighted by atomic mass is 35.5. The normalized spacial score (nSPS) is 13.2. The van der Waals surface area contributed by atoms with Crippen LogP contribution in [0.1, 0.15) is 18.4 Å². The van der Waals surface area contributed by atoms with Crippen LogP contribution in [0.2, 0.25) is 10.0 Å². The number of rotatable bonds is 4. The zero-order chi connectivity index (χ0) is 20.0. The number of carboxylic acids is 1. The van der Waals surface area contributed by atoms with E-state index in [9.17, 15) is 14.4 Å². The van der Waals surface area contributed by atoms with Crippen LogP contribution in [0.3, 0.4) is 0 Å². The topological polar surface area (TPSA) is 107 Å².